The molecule has 0 aromatic carbocycles. The van der Waals surface area contributed by atoms with Crippen LogP contribution in [0.3, 0.4) is 0 Å². The Morgan fingerprint density at radius 1 is 0.931 bits per heavy atom. The molecule has 3 unspecified atom stereocenters. The summed E-state index contributed by atoms with van der Waals surface area (Å²) in [6, 6.07) is 0.795. The van der Waals surface area contributed by atoms with Gasteiger partial charge in [-0.05, 0) is 40.0 Å². The fraction of sp³-hybridized carbons (Fsp3) is 1.00. The van der Waals surface area contributed by atoms with Crippen molar-refractivity contribution in [2.24, 2.45) is 0 Å². The van der Waals surface area contributed by atoms with Gasteiger partial charge < -0.3 is 27.5 Å². The Morgan fingerprint density at radius 2 is 1.55 bits per heavy atom. The van der Waals surface area contributed by atoms with Crippen molar-refractivity contribution in [2.75, 3.05) is 26.4 Å². The van der Waals surface area contributed by atoms with Crippen molar-refractivity contribution < 1.29 is 32.2 Å². The first-order chi connectivity index (χ1) is 13.9. The average Bonchev–Trinajstić information content (AvgIpc) is 2.72. The average molecular weight is 437 g/mol. The Labute approximate surface area is 179 Å². The van der Waals surface area contributed by atoms with Gasteiger partial charge in [0.05, 0.1) is 25.4 Å². The predicted molar refractivity (Wildman–Crippen MR) is 115 cm³/mol. The van der Waals surface area contributed by atoms with Crippen molar-refractivity contribution in [3.63, 3.8) is 0 Å². The van der Waals surface area contributed by atoms with E-state index in [1.54, 1.807) is 0 Å². The van der Waals surface area contributed by atoms with Crippen molar-refractivity contribution in [1.82, 2.24) is 0 Å². The van der Waals surface area contributed by atoms with Crippen LogP contribution in [0.25, 0.3) is 0 Å². The summed E-state index contributed by atoms with van der Waals surface area (Å²) in [7, 11) is -2.73. The maximum Gasteiger partial charge on any atom is 0.501 e. The second kappa shape index (κ2) is 14.1. The van der Waals surface area contributed by atoms with Crippen LogP contribution in [0, 0.1) is 0 Å². The van der Waals surface area contributed by atoms with Crippen LogP contribution in [0.2, 0.25) is 6.04 Å². The van der Waals surface area contributed by atoms with Crippen molar-refractivity contribution in [2.45, 2.75) is 111 Å². The zero-order valence-corrected chi connectivity index (χ0v) is 20.7. The van der Waals surface area contributed by atoms with Gasteiger partial charge in [-0.1, -0.05) is 34.1 Å². The molecule has 1 rings (SSSR count). The molecule has 0 radical (unpaired) electrons. The molecule has 0 N–H and O–H groups in total. The van der Waals surface area contributed by atoms with E-state index >= 15 is 0 Å². The molecule has 0 bridgehead atoms. The summed E-state index contributed by atoms with van der Waals surface area (Å²) in [4.78, 5) is 0. The van der Waals surface area contributed by atoms with E-state index in [0.29, 0.717) is 39.3 Å². The first-order valence-electron chi connectivity index (χ1n) is 11.5. The lowest BCUT2D eigenvalue weighted by molar-refractivity contribution is -0.438. The number of hydrogen-bond donors (Lipinski definition) is 0. The van der Waals surface area contributed by atoms with Crippen LogP contribution in [0.1, 0.15) is 80.6 Å². The van der Waals surface area contributed by atoms with Crippen LogP contribution in [0.15, 0.2) is 0 Å². The minimum atomic E-state index is -2.73. The Hall–Kier alpha value is -0.0631. The standard InChI is InChI=1S/C21H44O7Si/c1-8-17-29(24-12-5,25-13-6)28-18(7)19(9-2)26-20(10-3)27-21(11-4)22-15-14-16-23-21/h18-20H,8-17H2,1-7H3. The largest absolute Gasteiger partial charge is 0.501 e. The van der Waals surface area contributed by atoms with Gasteiger partial charge in [-0.2, -0.15) is 0 Å². The summed E-state index contributed by atoms with van der Waals surface area (Å²) in [6.45, 7) is 16.6. The van der Waals surface area contributed by atoms with Crippen molar-refractivity contribution in [3.8, 4) is 0 Å². The molecule has 0 aliphatic carbocycles. The van der Waals surface area contributed by atoms with Gasteiger partial charge in [0, 0.05) is 25.7 Å². The van der Waals surface area contributed by atoms with Gasteiger partial charge in [-0.25, -0.2) is 0 Å². The van der Waals surface area contributed by atoms with E-state index in [9.17, 15) is 0 Å². The molecule has 0 aromatic rings. The Kier molecular flexibility index (Phi) is 13.1. The fourth-order valence-electron chi connectivity index (χ4n) is 3.47. The fourth-order valence-corrected chi connectivity index (χ4v) is 6.31. The van der Waals surface area contributed by atoms with E-state index in [4.69, 9.17) is 32.2 Å². The predicted octanol–water partition coefficient (Wildman–Crippen LogP) is 4.86. The monoisotopic (exact) mass is 436 g/mol. The van der Waals surface area contributed by atoms with Crippen LogP contribution >= 0.6 is 0 Å². The summed E-state index contributed by atoms with van der Waals surface area (Å²) in [5.74, 6) is -1.02. The van der Waals surface area contributed by atoms with Crippen molar-refractivity contribution in [1.29, 1.82) is 0 Å². The molecule has 8 heteroatoms. The second-order valence-electron chi connectivity index (χ2n) is 7.25. The molecule has 1 fully saturated rings. The van der Waals surface area contributed by atoms with E-state index in [-0.39, 0.29) is 12.2 Å². The molecule has 0 saturated carbocycles. The highest BCUT2D eigenvalue weighted by Gasteiger charge is 2.43. The first kappa shape index (κ1) is 27.0. The molecule has 29 heavy (non-hydrogen) atoms. The van der Waals surface area contributed by atoms with Gasteiger partial charge in [0.1, 0.15) is 0 Å². The lowest BCUT2D eigenvalue weighted by atomic mass is 10.2. The van der Waals surface area contributed by atoms with Crippen LogP contribution in [0.4, 0.5) is 0 Å². The molecule has 0 aromatic heterocycles. The summed E-state index contributed by atoms with van der Waals surface area (Å²) in [5.41, 5.74) is 0. The van der Waals surface area contributed by atoms with Crippen LogP contribution in [-0.4, -0.2) is 59.7 Å². The van der Waals surface area contributed by atoms with E-state index in [2.05, 4.69) is 13.8 Å². The minimum Gasteiger partial charge on any atom is -0.374 e. The highest BCUT2D eigenvalue weighted by molar-refractivity contribution is 6.60. The third kappa shape index (κ3) is 8.53. The summed E-state index contributed by atoms with van der Waals surface area (Å²) < 4.78 is 42.6. The lowest BCUT2D eigenvalue weighted by Crippen LogP contribution is -2.51. The minimum absolute atomic E-state index is 0.151. The molecule has 0 spiro atoms. The highest BCUT2D eigenvalue weighted by Crippen LogP contribution is 2.29. The smallest absolute Gasteiger partial charge is 0.374 e. The zero-order valence-electron chi connectivity index (χ0n) is 19.7. The normalized spacial score (nSPS) is 20.4. The molecule has 1 aliphatic rings. The molecule has 1 heterocycles. The Bertz CT molecular complexity index is 401. The third-order valence-corrected chi connectivity index (χ3v) is 8.21. The molecule has 174 valence electrons. The zero-order chi connectivity index (χ0) is 21.8. The quantitative estimate of drug-likeness (QED) is 0.253. The molecule has 0 amide bonds. The maximum absolute atomic E-state index is 6.45. The third-order valence-electron chi connectivity index (χ3n) is 4.91. The van der Waals surface area contributed by atoms with Crippen LogP contribution in [0.5, 0.6) is 0 Å². The van der Waals surface area contributed by atoms with Gasteiger partial charge in [0.25, 0.3) is 5.97 Å². The van der Waals surface area contributed by atoms with Gasteiger partial charge in [0.15, 0.2) is 6.29 Å². The van der Waals surface area contributed by atoms with Crippen LogP contribution in [-0.2, 0) is 32.2 Å². The van der Waals surface area contributed by atoms with E-state index < -0.39 is 21.1 Å². The van der Waals surface area contributed by atoms with E-state index in [0.717, 1.165) is 25.3 Å². The second-order valence-corrected chi connectivity index (χ2v) is 9.93. The molecule has 1 aliphatic heterocycles. The maximum atomic E-state index is 6.45. The Balaban J connectivity index is 2.81. The topological polar surface area (TPSA) is 64.6 Å². The van der Waals surface area contributed by atoms with Gasteiger partial charge in [-0.15, -0.1) is 0 Å². The van der Waals surface area contributed by atoms with Crippen molar-refractivity contribution >= 4 is 8.80 Å². The SMILES string of the molecule is CCC[Si](OCC)(OCC)OC(C)C(CC)OC(CC)OC1(CC)OCCCO1. The molecule has 7 nitrogen and oxygen atoms in total. The summed E-state index contributed by atoms with van der Waals surface area (Å²) >= 11 is 0. The first-order valence-corrected chi connectivity index (χ1v) is 13.4. The van der Waals surface area contributed by atoms with E-state index in [1.165, 1.54) is 0 Å². The number of rotatable bonds is 16. The van der Waals surface area contributed by atoms with Crippen LogP contribution < -0.4 is 0 Å². The van der Waals surface area contributed by atoms with Gasteiger partial charge in [-0.3, -0.25) is 4.74 Å². The molecular formula is C21H44O7Si. The lowest BCUT2D eigenvalue weighted by Gasteiger charge is -2.40. The molecular weight excluding hydrogens is 392 g/mol. The van der Waals surface area contributed by atoms with Gasteiger partial charge >= 0.3 is 8.80 Å². The molecule has 3 atom stereocenters. The highest BCUT2D eigenvalue weighted by atomic mass is 28.4. The van der Waals surface area contributed by atoms with Gasteiger partial charge in [0.2, 0.25) is 0 Å². The number of ether oxygens (including phenoxy) is 4. The Morgan fingerprint density at radius 3 is 2.00 bits per heavy atom. The summed E-state index contributed by atoms with van der Waals surface area (Å²) in [5, 5.41) is 0. The number of hydrogen-bond acceptors (Lipinski definition) is 7. The van der Waals surface area contributed by atoms with Crippen molar-refractivity contribution in [3.05, 3.63) is 0 Å². The van der Waals surface area contributed by atoms with E-state index in [1.807, 2.05) is 34.6 Å². The summed E-state index contributed by atoms with van der Waals surface area (Å²) in [6.07, 6.45) is 3.14. The molecule has 1 saturated heterocycles.